The maximum atomic E-state index is 11.9. The average Bonchev–Trinajstić information content (AvgIpc) is 2.45. The fraction of sp³-hybridized carbons (Fsp3) is 0.650. The van der Waals surface area contributed by atoms with Gasteiger partial charge in [0.25, 0.3) is 0 Å². The van der Waals surface area contributed by atoms with Gasteiger partial charge in [0.1, 0.15) is 5.75 Å². The Labute approximate surface area is 134 Å². The molecule has 1 saturated carbocycles. The van der Waals surface area contributed by atoms with Crippen molar-refractivity contribution in [2.45, 2.75) is 65.2 Å². The molecule has 3 rings (SSSR count). The highest BCUT2D eigenvalue weighted by atomic mass is 16.5. The minimum absolute atomic E-state index is 0.0934. The minimum Gasteiger partial charge on any atom is -0.496 e. The second kappa shape index (κ2) is 5.11. The van der Waals surface area contributed by atoms with E-state index in [0.717, 1.165) is 17.7 Å². The van der Waals surface area contributed by atoms with Crippen LogP contribution >= 0.6 is 0 Å². The number of methoxy groups -OCH3 is 1. The number of carbonyl (C=O) groups is 1. The van der Waals surface area contributed by atoms with E-state index in [1.54, 1.807) is 14.0 Å². The standard InChI is InChI=1S/C20H28O2/c1-13(21)15-11-14-7-8-18-19(2,3)9-6-10-20(18,4)16(14)12-17(15)22-5/h11-12,18H,6-10H2,1-5H3/t18-,20+/m0/s1. The van der Waals surface area contributed by atoms with Crippen LogP contribution in [0.3, 0.4) is 0 Å². The molecule has 0 aliphatic heterocycles. The van der Waals surface area contributed by atoms with Crippen molar-refractivity contribution in [3.05, 3.63) is 28.8 Å². The predicted molar refractivity (Wildman–Crippen MR) is 89.8 cm³/mol. The van der Waals surface area contributed by atoms with Crippen LogP contribution in [0, 0.1) is 11.3 Å². The van der Waals surface area contributed by atoms with Crippen LogP contribution in [0.1, 0.15) is 74.9 Å². The van der Waals surface area contributed by atoms with E-state index in [-0.39, 0.29) is 11.2 Å². The van der Waals surface area contributed by atoms with E-state index >= 15 is 0 Å². The molecule has 1 aromatic carbocycles. The van der Waals surface area contributed by atoms with Gasteiger partial charge in [-0.2, -0.15) is 0 Å². The molecule has 2 aliphatic rings. The van der Waals surface area contributed by atoms with Gasteiger partial charge in [-0.15, -0.1) is 0 Å². The number of benzene rings is 1. The van der Waals surface area contributed by atoms with Crippen LogP contribution in [-0.2, 0) is 11.8 Å². The predicted octanol–water partition coefficient (Wildman–Crippen LogP) is 4.93. The molecule has 0 N–H and O–H groups in total. The number of hydrogen-bond acceptors (Lipinski definition) is 2. The maximum absolute atomic E-state index is 11.9. The average molecular weight is 300 g/mol. The Hall–Kier alpha value is -1.31. The van der Waals surface area contributed by atoms with Crippen LogP contribution in [0.15, 0.2) is 12.1 Å². The van der Waals surface area contributed by atoms with Gasteiger partial charge in [-0.1, -0.05) is 27.2 Å². The molecule has 2 aliphatic carbocycles. The Kier molecular flexibility index (Phi) is 3.62. The SMILES string of the molecule is COc1cc2c(cc1C(C)=O)CC[C@H]1C(C)(C)CCC[C@]21C. The molecule has 120 valence electrons. The van der Waals surface area contributed by atoms with Gasteiger partial charge in [-0.3, -0.25) is 4.79 Å². The highest BCUT2D eigenvalue weighted by Gasteiger charge is 2.49. The van der Waals surface area contributed by atoms with Crippen molar-refractivity contribution < 1.29 is 9.53 Å². The van der Waals surface area contributed by atoms with Crippen LogP contribution in [0.2, 0.25) is 0 Å². The first kappa shape index (κ1) is 15.6. The molecule has 2 nitrogen and oxygen atoms in total. The highest BCUT2D eigenvalue weighted by molar-refractivity contribution is 5.97. The van der Waals surface area contributed by atoms with Crippen molar-refractivity contribution in [2.24, 2.45) is 11.3 Å². The number of hydrogen-bond donors (Lipinski definition) is 0. The summed E-state index contributed by atoms with van der Waals surface area (Å²) in [6.07, 6.45) is 6.18. The number of carbonyl (C=O) groups excluding carboxylic acids is 1. The molecule has 1 aromatic rings. The molecule has 0 unspecified atom stereocenters. The van der Waals surface area contributed by atoms with E-state index in [4.69, 9.17) is 4.74 Å². The highest BCUT2D eigenvalue weighted by Crippen LogP contribution is 2.57. The van der Waals surface area contributed by atoms with E-state index in [2.05, 4.69) is 32.9 Å². The quantitative estimate of drug-likeness (QED) is 0.724. The summed E-state index contributed by atoms with van der Waals surface area (Å²) in [6.45, 7) is 8.92. The summed E-state index contributed by atoms with van der Waals surface area (Å²) in [7, 11) is 1.67. The topological polar surface area (TPSA) is 26.3 Å². The summed E-state index contributed by atoms with van der Waals surface area (Å²) >= 11 is 0. The molecule has 0 aromatic heterocycles. The molecule has 22 heavy (non-hydrogen) atoms. The second-order valence-corrected chi connectivity index (χ2v) is 8.12. The van der Waals surface area contributed by atoms with Crippen LogP contribution in [0.4, 0.5) is 0 Å². The van der Waals surface area contributed by atoms with E-state index in [9.17, 15) is 4.79 Å². The molecule has 0 radical (unpaired) electrons. The van der Waals surface area contributed by atoms with Crippen molar-refractivity contribution >= 4 is 5.78 Å². The zero-order chi connectivity index (χ0) is 16.1. The lowest BCUT2D eigenvalue weighted by Crippen LogP contribution is -2.47. The summed E-state index contributed by atoms with van der Waals surface area (Å²) in [5, 5.41) is 0. The number of ketones is 1. The third kappa shape index (κ3) is 2.19. The largest absolute Gasteiger partial charge is 0.496 e. The van der Waals surface area contributed by atoms with Crippen molar-refractivity contribution in [2.75, 3.05) is 7.11 Å². The van der Waals surface area contributed by atoms with Gasteiger partial charge >= 0.3 is 0 Å². The normalized spacial score (nSPS) is 29.4. The molecular formula is C20H28O2. The molecular weight excluding hydrogens is 272 g/mol. The number of aryl methyl sites for hydroxylation is 1. The Bertz CT molecular complexity index is 614. The van der Waals surface area contributed by atoms with E-state index in [0.29, 0.717) is 11.3 Å². The first-order chi connectivity index (χ1) is 10.3. The van der Waals surface area contributed by atoms with Crippen molar-refractivity contribution in [3.8, 4) is 5.75 Å². The number of ether oxygens (including phenoxy) is 1. The molecule has 2 heteroatoms. The maximum Gasteiger partial charge on any atom is 0.163 e. The van der Waals surface area contributed by atoms with Crippen LogP contribution < -0.4 is 4.74 Å². The van der Waals surface area contributed by atoms with Crippen molar-refractivity contribution in [1.82, 2.24) is 0 Å². The summed E-state index contributed by atoms with van der Waals surface area (Å²) in [4.78, 5) is 11.9. The third-order valence-electron chi connectivity index (χ3n) is 6.35. The van der Waals surface area contributed by atoms with E-state index < -0.39 is 0 Å². The number of rotatable bonds is 2. The Balaban J connectivity index is 2.16. The summed E-state index contributed by atoms with van der Waals surface area (Å²) in [6, 6.07) is 4.26. The molecule has 0 spiro atoms. The van der Waals surface area contributed by atoms with E-state index in [1.807, 2.05) is 0 Å². The number of Topliss-reactive ketones (excluding diaryl/α,β-unsaturated/α-hetero) is 1. The third-order valence-corrected chi connectivity index (χ3v) is 6.35. The van der Waals surface area contributed by atoms with Gasteiger partial charge in [-0.05, 0) is 72.6 Å². The Morgan fingerprint density at radius 3 is 2.59 bits per heavy atom. The fourth-order valence-electron chi connectivity index (χ4n) is 5.26. The first-order valence-electron chi connectivity index (χ1n) is 8.52. The first-order valence-corrected chi connectivity index (χ1v) is 8.52. The van der Waals surface area contributed by atoms with Crippen molar-refractivity contribution in [3.63, 3.8) is 0 Å². The number of fused-ring (bicyclic) bond motifs is 3. The van der Waals surface area contributed by atoms with Gasteiger partial charge in [0, 0.05) is 0 Å². The zero-order valence-electron chi connectivity index (χ0n) is 14.6. The van der Waals surface area contributed by atoms with Crippen LogP contribution in [-0.4, -0.2) is 12.9 Å². The molecule has 0 amide bonds. The molecule has 2 atom stereocenters. The minimum atomic E-state index is 0.0934. The lowest BCUT2D eigenvalue weighted by molar-refractivity contribution is 0.0405. The Morgan fingerprint density at radius 2 is 1.95 bits per heavy atom. The van der Waals surface area contributed by atoms with Gasteiger partial charge in [0.05, 0.1) is 12.7 Å². The van der Waals surface area contributed by atoms with Gasteiger partial charge in [-0.25, -0.2) is 0 Å². The second-order valence-electron chi connectivity index (χ2n) is 8.12. The van der Waals surface area contributed by atoms with Crippen molar-refractivity contribution in [1.29, 1.82) is 0 Å². The molecule has 0 bridgehead atoms. The van der Waals surface area contributed by atoms with Gasteiger partial charge in [0.2, 0.25) is 0 Å². The Morgan fingerprint density at radius 1 is 1.23 bits per heavy atom. The zero-order valence-corrected chi connectivity index (χ0v) is 14.6. The van der Waals surface area contributed by atoms with Crippen LogP contribution in [0.5, 0.6) is 5.75 Å². The smallest absolute Gasteiger partial charge is 0.163 e. The van der Waals surface area contributed by atoms with Gasteiger partial charge in [0.15, 0.2) is 5.78 Å². The lowest BCUT2D eigenvalue weighted by atomic mass is 9.50. The van der Waals surface area contributed by atoms with Crippen LogP contribution in [0.25, 0.3) is 0 Å². The summed E-state index contributed by atoms with van der Waals surface area (Å²) < 4.78 is 5.53. The molecule has 1 fully saturated rings. The molecule has 0 heterocycles. The lowest BCUT2D eigenvalue weighted by Gasteiger charge is -2.54. The summed E-state index contributed by atoms with van der Waals surface area (Å²) in [5.41, 5.74) is 4.15. The fourth-order valence-corrected chi connectivity index (χ4v) is 5.26. The van der Waals surface area contributed by atoms with E-state index in [1.165, 1.54) is 36.8 Å². The van der Waals surface area contributed by atoms with Gasteiger partial charge < -0.3 is 4.74 Å². The molecule has 0 saturated heterocycles. The summed E-state index contributed by atoms with van der Waals surface area (Å²) in [5.74, 6) is 1.56. The monoisotopic (exact) mass is 300 g/mol.